The number of carboxylic acids is 1. The van der Waals surface area contributed by atoms with Crippen LogP contribution in [0.1, 0.15) is 290 Å². The van der Waals surface area contributed by atoms with Crippen LogP contribution in [0.3, 0.4) is 0 Å². The number of hydrogen-bond acceptors (Lipinski definition) is 7. The van der Waals surface area contributed by atoms with Gasteiger partial charge in [0.1, 0.15) is 13.2 Å². The average Bonchev–Trinajstić information content (AvgIpc) is 3.43. The number of ether oxygens (including phenoxy) is 4. The van der Waals surface area contributed by atoms with Crippen LogP contribution in [0.5, 0.6) is 0 Å². The Morgan fingerprint density at radius 1 is 0.388 bits per heavy atom. The molecule has 0 aliphatic rings. The van der Waals surface area contributed by atoms with Crippen LogP contribution in [0.2, 0.25) is 0 Å². The maximum absolute atomic E-state index is 12.9. The minimum absolute atomic E-state index is 0.179. The predicted octanol–water partition coefficient (Wildman–Crippen LogP) is 20.3. The molecule has 0 aliphatic heterocycles. The molecule has 2 unspecified atom stereocenters. The summed E-state index contributed by atoms with van der Waals surface area (Å²) in [5, 5.41) is 9.71. The van der Waals surface area contributed by atoms with Gasteiger partial charge in [-0.2, -0.15) is 0 Å². The van der Waals surface area contributed by atoms with E-state index in [4.69, 9.17) is 18.9 Å². The first-order valence-corrected chi connectivity index (χ1v) is 33.3. The van der Waals surface area contributed by atoms with Gasteiger partial charge in [0.2, 0.25) is 0 Å². The van der Waals surface area contributed by atoms with E-state index in [9.17, 15) is 19.5 Å². The molecule has 1 N–H and O–H groups in total. The zero-order chi connectivity index (χ0) is 58.3. The highest BCUT2D eigenvalue weighted by molar-refractivity contribution is 5.71. The summed E-state index contributed by atoms with van der Waals surface area (Å²) >= 11 is 0. The number of quaternary nitrogens is 1. The van der Waals surface area contributed by atoms with Gasteiger partial charge < -0.3 is 28.5 Å². The Labute approximate surface area is 493 Å². The van der Waals surface area contributed by atoms with Crippen molar-refractivity contribution in [2.24, 2.45) is 0 Å². The predicted molar refractivity (Wildman–Crippen MR) is 341 cm³/mol. The van der Waals surface area contributed by atoms with Gasteiger partial charge in [-0.05, 0) is 70.6 Å². The van der Waals surface area contributed by atoms with Crippen molar-refractivity contribution in [1.82, 2.24) is 0 Å². The number of carbonyl (C=O) groups excluding carboxylic acids is 2. The lowest BCUT2D eigenvalue weighted by atomic mass is 10.0. The summed E-state index contributed by atoms with van der Waals surface area (Å²) in [6, 6.07) is 0. The number of rotatable bonds is 61. The van der Waals surface area contributed by atoms with E-state index < -0.39 is 24.3 Å². The minimum atomic E-state index is -1.51. The molecule has 0 rings (SSSR count). The number of likely N-dealkylation sites (N-methyl/N-ethyl adjacent to an activating group) is 1. The van der Waals surface area contributed by atoms with Gasteiger partial charge in [-0.3, -0.25) is 9.59 Å². The molecule has 0 heterocycles. The highest BCUT2D eigenvalue weighted by atomic mass is 16.7. The van der Waals surface area contributed by atoms with Crippen molar-refractivity contribution in [1.29, 1.82) is 0 Å². The van der Waals surface area contributed by atoms with E-state index in [-0.39, 0.29) is 32.2 Å². The molecule has 9 heteroatoms. The zero-order valence-corrected chi connectivity index (χ0v) is 52.7. The van der Waals surface area contributed by atoms with Crippen molar-refractivity contribution >= 4 is 17.9 Å². The summed E-state index contributed by atoms with van der Waals surface area (Å²) in [4.78, 5) is 37.4. The van der Waals surface area contributed by atoms with E-state index in [1.165, 1.54) is 180 Å². The monoisotopic (exact) mass is 1120 g/mol. The second-order valence-electron chi connectivity index (χ2n) is 23.4. The first-order valence-electron chi connectivity index (χ1n) is 33.3. The van der Waals surface area contributed by atoms with Crippen LogP contribution in [0.4, 0.5) is 0 Å². The maximum atomic E-state index is 12.9. The summed E-state index contributed by atoms with van der Waals surface area (Å²) in [6.07, 6.45) is 79.8. The Morgan fingerprint density at radius 2 is 0.713 bits per heavy atom. The Hall–Kier alpha value is -3.53. The van der Waals surface area contributed by atoms with E-state index in [1.807, 2.05) is 21.1 Å². The molecule has 0 spiro atoms. The number of carboxylic acid groups (broad SMARTS) is 1. The highest BCUT2D eigenvalue weighted by Gasteiger charge is 2.25. The smallest absolute Gasteiger partial charge is 0.361 e. The SMILES string of the molecule is CC/C=C\C/C=C\C/C=C\C/C=C\C/C=C\C/C=C\C/C=C\CCCCCCCCCCCCCCCCCCCCCC(=O)OC(COC(=O)CCCCCCCCCCCCCCCC)COC(OCC[N+](C)(C)C)C(=O)O. The summed E-state index contributed by atoms with van der Waals surface area (Å²) in [7, 11) is 5.98. The molecule has 0 radical (unpaired) electrons. The Kier molecular flexibility index (Phi) is 58.8. The summed E-state index contributed by atoms with van der Waals surface area (Å²) in [5.74, 6) is -1.99. The molecule has 0 aromatic carbocycles. The van der Waals surface area contributed by atoms with Crippen molar-refractivity contribution in [3.63, 3.8) is 0 Å². The quantitative estimate of drug-likeness (QED) is 0.0211. The molecule has 0 bridgehead atoms. The zero-order valence-electron chi connectivity index (χ0n) is 52.7. The lowest BCUT2D eigenvalue weighted by Crippen LogP contribution is -2.40. The van der Waals surface area contributed by atoms with Crippen molar-refractivity contribution in [2.75, 3.05) is 47.5 Å². The number of allylic oxidation sites excluding steroid dienone is 14. The molecule has 0 amide bonds. The molecule has 462 valence electrons. The molecule has 2 atom stereocenters. The first kappa shape index (κ1) is 76.5. The van der Waals surface area contributed by atoms with Gasteiger partial charge in [0, 0.05) is 12.8 Å². The normalized spacial score (nSPS) is 13.3. The second-order valence-corrected chi connectivity index (χ2v) is 23.4. The van der Waals surface area contributed by atoms with Gasteiger partial charge in [-0.25, -0.2) is 4.79 Å². The van der Waals surface area contributed by atoms with Crippen LogP contribution in [0.25, 0.3) is 0 Å². The number of unbranched alkanes of at least 4 members (excludes halogenated alkanes) is 32. The fourth-order valence-electron chi connectivity index (χ4n) is 9.35. The van der Waals surface area contributed by atoms with Gasteiger partial charge >= 0.3 is 17.9 Å². The van der Waals surface area contributed by atoms with E-state index in [0.717, 1.165) is 83.5 Å². The highest BCUT2D eigenvalue weighted by Crippen LogP contribution is 2.17. The number of nitrogens with zero attached hydrogens (tertiary/aromatic N) is 1. The van der Waals surface area contributed by atoms with Crippen LogP contribution in [-0.4, -0.2) is 87.4 Å². The summed E-state index contributed by atoms with van der Waals surface area (Å²) < 4.78 is 22.9. The van der Waals surface area contributed by atoms with E-state index in [1.54, 1.807) is 0 Å². The summed E-state index contributed by atoms with van der Waals surface area (Å²) in [5.41, 5.74) is 0. The minimum Gasteiger partial charge on any atom is -0.477 e. The molecule has 9 nitrogen and oxygen atoms in total. The van der Waals surface area contributed by atoms with Gasteiger partial charge in [-0.1, -0.05) is 292 Å². The molecule has 80 heavy (non-hydrogen) atoms. The standard InChI is InChI=1S/C71H125NO8/c1-6-8-10-12-14-16-18-20-22-23-24-25-26-27-28-29-30-31-32-33-34-35-36-37-38-39-40-41-42-43-44-45-46-47-48-50-52-54-56-58-60-62-69(74)80-67(66-79-71(70(75)76)77-64-63-72(3,4)5)65-78-68(73)61-59-57-55-53-51-49-21-19-17-15-13-11-9-7-2/h8,10,14,16,20,22,24-25,27-28,30-31,33-34,67,71H,6-7,9,11-13,15,17-19,21,23,26,29,32,35-66H2,1-5H3/p+1/b10-8-,16-14-,22-20-,25-24-,28-27-,31-30-,34-33-. The van der Waals surface area contributed by atoms with Gasteiger partial charge in [-0.15, -0.1) is 0 Å². The van der Waals surface area contributed by atoms with Crippen LogP contribution >= 0.6 is 0 Å². The van der Waals surface area contributed by atoms with Crippen LogP contribution < -0.4 is 0 Å². The van der Waals surface area contributed by atoms with Crippen molar-refractivity contribution in [3.8, 4) is 0 Å². The van der Waals surface area contributed by atoms with E-state index in [0.29, 0.717) is 17.4 Å². The Morgan fingerprint density at radius 3 is 1.06 bits per heavy atom. The second kappa shape index (κ2) is 61.5. The van der Waals surface area contributed by atoms with Crippen LogP contribution in [0, 0.1) is 0 Å². The van der Waals surface area contributed by atoms with Crippen LogP contribution in [-0.2, 0) is 33.3 Å². The van der Waals surface area contributed by atoms with Crippen molar-refractivity contribution in [3.05, 3.63) is 85.1 Å². The topological polar surface area (TPSA) is 108 Å². The molecule has 0 aliphatic carbocycles. The van der Waals surface area contributed by atoms with Gasteiger partial charge in [0.15, 0.2) is 6.10 Å². The average molecular weight is 1120 g/mol. The summed E-state index contributed by atoms with van der Waals surface area (Å²) in [6.45, 7) is 4.79. The van der Waals surface area contributed by atoms with E-state index in [2.05, 4.69) is 98.9 Å². The van der Waals surface area contributed by atoms with Gasteiger partial charge in [0.25, 0.3) is 6.29 Å². The number of carbonyl (C=O) groups is 3. The number of hydrogen-bond donors (Lipinski definition) is 1. The molecule has 0 aromatic heterocycles. The third kappa shape index (κ3) is 62.1. The third-order valence-electron chi connectivity index (χ3n) is 14.4. The third-order valence-corrected chi connectivity index (χ3v) is 14.4. The fraction of sp³-hybridized carbons (Fsp3) is 0.761. The van der Waals surface area contributed by atoms with Crippen LogP contribution in [0.15, 0.2) is 85.1 Å². The van der Waals surface area contributed by atoms with E-state index >= 15 is 0 Å². The lowest BCUT2D eigenvalue weighted by Gasteiger charge is -2.25. The largest absolute Gasteiger partial charge is 0.477 e. The molecule has 0 saturated heterocycles. The molecule has 0 fully saturated rings. The molecule has 0 aromatic rings. The van der Waals surface area contributed by atoms with Crippen molar-refractivity contribution in [2.45, 2.75) is 302 Å². The lowest BCUT2D eigenvalue weighted by molar-refractivity contribution is -0.870. The Balaban J connectivity index is 3.98. The fourth-order valence-corrected chi connectivity index (χ4v) is 9.35. The maximum Gasteiger partial charge on any atom is 0.361 e. The Bertz CT molecular complexity index is 1590. The van der Waals surface area contributed by atoms with Crippen molar-refractivity contribution < 1.29 is 42.9 Å². The number of esters is 2. The molecular formula is C71H126NO8+. The molecule has 0 saturated carbocycles. The number of aliphatic carboxylic acids is 1. The first-order chi connectivity index (χ1) is 39.1. The van der Waals surface area contributed by atoms with Gasteiger partial charge in [0.05, 0.1) is 34.4 Å². The molecular weight excluding hydrogens is 995 g/mol.